The molecule has 1 N–H and O–H groups in total. The molecule has 0 aromatic carbocycles. The van der Waals surface area contributed by atoms with Gasteiger partial charge in [-0.05, 0) is 35.9 Å². The minimum absolute atomic E-state index is 0.304. The maximum atomic E-state index is 11.7. The molecule has 0 bridgehead atoms. The first kappa shape index (κ1) is 17.6. The van der Waals surface area contributed by atoms with E-state index in [1.165, 1.54) is 6.26 Å². The molecule has 1 aromatic rings. The van der Waals surface area contributed by atoms with Crippen molar-refractivity contribution in [1.82, 2.24) is 9.97 Å². The molecule has 0 aliphatic rings. The third-order valence-corrected chi connectivity index (χ3v) is 5.40. The number of hydrogen-bond acceptors (Lipinski definition) is 6. The first-order chi connectivity index (χ1) is 9.31. The van der Waals surface area contributed by atoms with Crippen LogP contribution in [0.2, 0.25) is 0 Å². The van der Waals surface area contributed by atoms with Crippen molar-refractivity contribution in [3.05, 3.63) is 15.1 Å². The van der Waals surface area contributed by atoms with Crippen LogP contribution in [0.5, 0.6) is 0 Å². The molecular formula is C12H20IN3O3S. The summed E-state index contributed by atoms with van der Waals surface area (Å²) in [4.78, 5) is 8.69. The minimum Gasteiger partial charge on any atom is -0.378 e. The Morgan fingerprint density at radius 3 is 2.55 bits per heavy atom. The number of halogens is 1. The summed E-state index contributed by atoms with van der Waals surface area (Å²) in [6, 6.07) is 0. The topological polar surface area (TPSA) is 81.2 Å². The lowest BCUT2D eigenvalue weighted by atomic mass is 10.3. The van der Waals surface area contributed by atoms with Gasteiger partial charge in [-0.3, -0.25) is 0 Å². The number of methoxy groups -OCH3 is 1. The second-order valence-corrected chi connectivity index (χ2v) is 7.97. The maximum absolute atomic E-state index is 11.7. The predicted molar refractivity (Wildman–Crippen MR) is 87.5 cm³/mol. The molecule has 0 aliphatic heterocycles. The van der Waals surface area contributed by atoms with Gasteiger partial charge in [0, 0.05) is 19.9 Å². The van der Waals surface area contributed by atoms with Crippen LogP contribution in [0.4, 0.5) is 5.82 Å². The smallest absolute Gasteiger partial charge is 0.157 e. The van der Waals surface area contributed by atoms with Gasteiger partial charge in [-0.15, -0.1) is 0 Å². The molecule has 1 unspecified atom stereocenters. The van der Waals surface area contributed by atoms with Crippen molar-refractivity contribution in [3.63, 3.8) is 0 Å². The van der Waals surface area contributed by atoms with Gasteiger partial charge in [-0.1, -0.05) is 6.92 Å². The van der Waals surface area contributed by atoms with Gasteiger partial charge in [0.2, 0.25) is 0 Å². The molecule has 6 nitrogen and oxygen atoms in total. The summed E-state index contributed by atoms with van der Waals surface area (Å²) in [5.74, 6) is 0.971. The summed E-state index contributed by atoms with van der Waals surface area (Å²) in [5, 5.41) is 2.46. The van der Waals surface area contributed by atoms with E-state index in [0.29, 0.717) is 23.9 Å². The molecule has 1 atom stereocenters. The van der Waals surface area contributed by atoms with Crippen LogP contribution in [-0.2, 0) is 21.2 Å². The number of anilines is 1. The average Bonchev–Trinajstić information content (AvgIpc) is 2.38. The molecule has 0 radical (unpaired) electrons. The summed E-state index contributed by atoms with van der Waals surface area (Å²) in [7, 11) is -1.65. The molecule has 0 aliphatic carbocycles. The van der Waals surface area contributed by atoms with Gasteiger partial charge in [-0.25, -0.2) is 18.4 Å². The molecule has 0 saturated heterocycles. The second kappa shape index (κ2) is 7.51. The molecule has 114 valence electrons. The molecule has 1 heterocycles. The van der Waals surface area contributed by atoms with Crippen molar-refractivity contribution in [2.24, 2.45) is 0 Å². The molecule has 1 aromatic heterocycles. The van der Waals surface area contributed by atoms with Gasteiger partial charge in [0.1, 0.15) is 16.9 Å². The molecule has 0 amide bonds. The van der Waals surface area contributed by atoms with Crippen LogP contribution < -0.4 is 5.32 Å². The third kappa shape index (κ3) is 4.52. The summed E-state index contributed by atoms with van der Waals surface area (Å²) in [5.41, 5.74) is 0.701. The van der Waals surface area contributed by atoms with Crippen molar-refractivity contribution >= 4 is 38.2 Å². The number of aromatic nitrogens is 2. The molecule has 0 fully saturated rings. The van der Waals surface area contributed by atoms with E-state index in [4.69, 9.17) is 4.74 Å². The maximum Gasteiger partial charge on any atom is 0.157 e. The van der Waals surface area contributed by atoms with E-state index in [0.717, 1.165) is 16.5 Å². The number of nitrogens with one attached hydrogen (secondary N) is 1. The van der Waals surface area contributed by atoms with Crippen LogP contribution in [0, 0.1) is 3.57 Å². The zero-order valence-corrected chi connectivity index (χ0v) is 15.1. The highest BCUT2D eigenvalue weighted by Crippen LogP contribution is 2.25. The van der Waals surface area contributed by atoms with Crippen LogP contribution in [0.25, 0.3) is 0 Å². The van der Waals surface area contributed by atoms with Crippen molar-refractivity contribution in [2.45, 2.75) is 32.1 Å². The summed E-state index contributed by atoms with van der Waals surface area (Å²) in [6.07, 6.45) is 2.14. The summed E-state index contributed by atoms with van der Waals surface area (Å²) in [6.45, 7) is 4.74. The number of nitrogens with zero attached hydrogens (tertiary/aromatic N) is 2. The van der Waals surface area contributed by atoms with Crippen LogP contribution in [-0.4, -0.2) is 38.3 Å². The quantitative estimate of drug-likeness (QED) is 0.691. The molecule has 0 spiro atoms. The standard InChI is InChI=1S/C12H20IN3O3S/c1-5-6-14-12-10(13)9(7-19-3)15-11(16-12)8(2)20(4,17)18/h8H,5-7H2,1-4H3,(H,14,15,16). The van der Waals surface area contributed by atoms with Crippen LogP contribution in [0.1, 0.15) is 37.0 Å². The van der Waals surface area contributed by atoms with Crippen molar-refractivity contribution < 1.29 is 13.2 Å². The van der Waals surface area contributed by atoms with E-state index in [1.807, 2.05) is 0 Å². The lowest BCUT2D eigenvalue weighted by molar-refractivity contribution is 0.180. The number of sulfone groups is 1. The average molecular weight is 413 g/mol. The van der Waals surface area contributed by atoms with Gasteiger partial charge < -0.3 is 10.1 Å². The molecule has 1 rings (SSSR count). The van der Waals surface area contributed by atoms with Gasteiger partial charge in [0.15, 0.2) is 9.84 Å². The first-order valence-corrected chi connectivity index (χ1v) is 9.32. The van der Waals surface area contributed by atoms with E-state index < -0.39 is 15.1 Å². The highest BCUT2D eigenvalue weighted by atomic mass is 127. The fourth-order valence-electron chi connectivity index (χ4n) is 1.48. The molecular weight excluding hydrogens is 393 g/mol. The summed E-state index contributed by atoms with van der Waals surface area (Å²) < 4.78 is 29.3. The van der Waals surface area contributed by atoms with Gasteiger partial charge in [0.25, 0.3) is 0 Å². The lowest BCUT2D eigenvalue weighted by Crippen LogP contribution is -2.16. The Labute approximate surface area is 133 Å². The normalized spacial score (nSPS) is 13.2. The zero-order valence-electron chi connectivity index (χ0n) is 12.1. The Balaban J connectivity index is 3.28. The van der Waals surface area contributed by atoms with Gasteiger partial charge >= 0.3 is 0 Å². The number of ether oxygens (including phenoxy) is 1. The second-order valence-electron chi connectivity index (χ2n) is 4.52. The van der Waals surface area contributed by atoms with E-state index in [-0.39, 0.29) is 0 Å². The van der Waals surface area contributed by atoms with Crippen molar-refractivity contribution in [3.8, 4) is 0 Å². The fourth-order valence-corrected chi connectivity index (χ4v) is 2.55. The lowest BCUT2D eigenvalue weighted by Gasteiger charge is -2.15. The van der Waals surface area contributed by atoms with Crippen molar-refractivity contribution in [2.75, 3.05) is 25.2 Å². The third-order valence-electron chi connectivity index (χ3n) is 2.77. The first-order valence-electron chi connectivity index (χ1n) is 6.29. The Morgan fingerprint density at radius 2 is 2.05 bits per heavy atom. The Hall–Kier alpha value is -0.480. The number of rotatable bonds is 7. The number of hydrogen-bond donors (Lipinski definition) is 1. The van der Waals surface area contributed by atoms with Gasteiger partial charge in [0.05, 0.1) is 15.9 Å². The SMILES string of the molecule is CCCNc1nc(C(C)S(C)(=O)=O)nc(COC)c1I. The Bertz CT molecular complexity index is 563. The molecule has 20 heavy (non-hydrogen) atoms. The van der Waals surface area contributed by atoms with Crippen LogP contribution in [0.15, 0.2) is 0 Å². The fraction of sp³-hybridized carbons (Fsp3) is 0.667. The Kier molecular flexibility index (Phi) is 6.59. The Morgan fingerprint density at radius 1 is 1.40 bits per heavy atom. The van der Waals surface area contributed by atoms with E-state index in [1.54, 1.807) is 14.0 Å². The highest BCUT2D eigenvalue weighted by Gasteiger charge is 2.23. The zero-order chi connectivity index (χ0) is 15.3. The largest absolute Gasteiger partial charge is 0.378 e. The molecule has 8 heteroatoms. The monoisotopic (exact) mass is 413 g/mol. The predicted octanol–water partition coefficient (Wildman–Crippen LogP) is 2.16. The minimum atomic E-state index is -3.23. The summed E-state index contributed by atoms with van der Waals surface area (Å²) >= 11 is 2.15. The van der Waals surface area contributed by atoms with Crippen LogP contribution >= 0.6 is 22.6 Å². The molecule has 0 saturated carbocycles. The van der Waals surface area contributed by atoms with Crippen LogP contribution in [0.3, 0.4) is 0 Å². The van der Waals surface area contributed by atoms with E-state index >= 15 is 0 Å². The van der Waals surface area contributed by atoms with E-state index in [2.05, 4.69) is 44.8 Å². The van der Waals surface area contributed by atoms with E-state index in [9.17, 15) is 8.42 Å². The highest BCUT2D eigenvalue weighted by molar-refractivity contribution is 14.1. The van der Waals surface area contributed by atoms with Crippen molar-refractivity contribution in [1.29, 1.82) is 0 Å². The van der Waals surface area contributed by atoms with Gasteiger partial charge in [-0.2, -0.15) is 0 Å².